The van der Waals surface area contributed by atoms with Crippen LogP contribution in [-0.4, -0.2) is 75.5 Å². The number of ether oxygens (including phenoxy) is 5. The lowest BCUT2D eigenvalue weighted by Gasteiger charge is -2.30. The van der Waals surface area contributed by atoms with Gasteiger partial charge in [0.1, 0.15) is 24.1 Å². The summed E-state index contributed by atoms with van der Waals surface area (Å²) in [4.78, 5) is 13.0. The van der Waals surface area contributed by atoms with Crippen molar-refractivity contribution in [3.63, 3.8) is 0 Å². The average molecular weight is 682 g/mol. The van der Waals surface area contributed by atoms with Crippen LogP contribution < -0.4 is 9.47 Å². The Hall–Kier alpha value is -3.48. The molecule has 5 rings (SSSR count). The maximum atomic E-state index is 14.3. The first-order chi connectivity index (χ1) is 27.9. The molecule has 2 fully saturated rings. The molecule has 0 amide bonds. The van der Waals surface area contributed by atoms with Crippen LogP contribution in [0.2, 0.25) is 0 Å². The number of rotatable bonds is 16. The van der Waals surface area contributed by atoms with E-state index in [9.17, 15) is 18.3 Å². The number of aliphatic hydroxyl groups excluding tert-OH is 1. The first kappa shape index (κ1) is 20.8. The third-order valence-electron chi connectivity index (χ3n) is 7.51. The van der Waals surface area contributed by atoms with Crippen molar-refractivity contribution >= 4 is 16.0 Å². The zero-order valence-electron chi connectivity index (χ0n) is 39.4. The van der Waals surface area contributed by atoms with E-state index >= 15 is 0 Å². The molecule has 1 N–H and O–H groups in total. The summed E-state index contributed by atoms with van der Waals surface area (Å²) in [5.41, 5.74) is 0.561. The van der Waals surface area contributed by atoms with Crippen molar-refractivity contribution in [1.82, 2.24) is 4.31 Å². The van der Waals surface area contributed by atoms with Crippen molar-refractivity contribution in [2.45, 2.75) is 63.0 Å². The Balaban J connectivity index is 1.50. The summed E-state index contributed by atoms with van der Waals surface area (Å²) < 4.78 is 169. The summed E-state index contributed by atoms with van der Waals surface area (Å²) in [5, 5.41) is 11.9. The summed E-state index contributed by atoms with van der Waals surface area (Å²) in [6.07, 6.45) is -6.95. The van der Waals surface area contributed by atoms with Gasteiger partial charge in [0.05, 0.1) is 54.5 Å². The molecule has 254 valence electrons. The van der Waals surface area contributed by atoms with Crippen LogP contribution in [0.5, 0.6) is 11.5 Å². The fourth-order valence-corrected chi connectivity index (χ4v) is 6.42. The molecular weight excluding hydrogens is 622 g/mol. The normalized spacial score (nSPS) is 30.0. The second-order valence-electron chi connectivity index (χ2n) is 11.0. The van der Waals surface area contributed by atoms with Crippen molar-refractivity contribution < 1.29 is 61.2 Å². The molecule has 0 saturated carbocycles. The second-order valence-corrected chi connectivity index (χ2v) is 12.9. The summed E-state index contributed by atoms with van der Waals surface area (Å²) in [6, 6.07) is 17.3. The fourth-order valence-electron chi connectivity index (χ4n) is 5.08. The number of fused-ring (bicyclic) bond motifs is 1. The van der Waals surface area contributed by atoms with E-state index in [2.05, 4.69) is 0 Å². The number of carbonyl (C=O) groups excluding carboxylic acids is 1. The molecule has 0 aromatic heterocycles. The Bertz CT molecular complexity index is 2110. The lowest BCUT2D eigenvalue weighted by atomic mass is 9.90. The molecule has 2 heterocycles. The summed E-state index contributed by atoms with van der Waals surface area (Å²) >= 11 is 0. The van der Waals surface area contributed by atoms with Crippen LogP contribution in [0.25, 0.3) is 0 Å². The van der Waals surface area contributed by atoms with Gasteiger partial charge in [0, 0.05) is 27.2 Å². The lowest BCUT2D eigenvalue weighted by Crippen LogP contribution is -2.43. The third-order valence-corrected chi connectivity index (χ3v) is 9.19. The van der Waals surface area contributed by atoms with Gasteiger partial charge >= 0.3 is 5.97 Å². The third kappa shape index (κ3) is 9.33. The van der Waals surface area contributed by atoms with Crippen molar-refractivity contribution in [3.8, 4) is 11.5 Å². The number of esters is 1. The molecule has 3 aromatic carbocycles. The van der Waals surface area contributed by atoms with Gasteiger partial charge in [0.15, 0.2) is 6.29 Å². The highest BCUT2D eigenvalue weighted by atomic mass is 32.2. The largest absolute Gasteiger partial charge is 0.497 e. The van der Waals surface area contributed by atoms with Gasteiger partial charge < -0.3 is 28.8 Å². The number of aliphatic hydroxyl groups is 1. The smallest absolute Gasteiger partial charge is 0.306 e. The number of hydrogen-bond donors (Lipinski definition) is 1. The van der Waals surface area contributed by atoms with Crippen LogP contribution in [0.4, 0.5) is 0 Å². The van der Waals surface area contributed by atoms with E-state index in [1.165, 1.54) is 36.4 Å². The van der Waals surface area contributed by atoms with Crippen LogP contribution in [0.15, 0.2) is 83.8 Å². The molecular formula is C36H45NO9S. The topological polar surface area (TPSA) is 121 Å². The molecule has 0 radical (unpaired) electrons. The van der Waals surface area contributed by atoms with E-state index in [-0.39, 0.29) is 40.8 Å². The van der Waals surface area contributed by atoms with Gasteiger partial charge in [-0.05, 0) is 66.3 Å². The molecule has 2 aliphatic rings. The Morgan fingerprint density at radius 3 is 2.57 bits per heavy atom. The van der Waals surface area contributed by atoms with E-state index in [4.69, 9.17) is 42.9 Å². The second kappa shape index (κ2) is 16.1. The van der Waals surface area contributed by atoms with Gasteiger partial charge in [0.25, 0.3) is 0 Å². The van der Waals surface area contributed by atoms with Crippen molar-refractivity contribution in [1.29, 1.82) is 0 Å². The highest BCUT2D eigenvalue weighted by Crippen LogP contribution is 2.34. The van der Waals surface area contributed by atoms with Crippen LogP contribution in [-0.2, 0) is 42.0 Å². The minimum atomic E-state index is -5.24. The zero-order chi connectivity index (χ0) is 45.6. The first-order valence-corrected chi connectivity index (χ1v) is 16.2. The monoisotopic (exact) mass is 681 g/mol. The molecule has 6 atom stereocenters. The quantitative estimate of drug-likeness (QED) is 0.212. The van der Waals surface area contributed by atoms with Gasteiger partial charge in [-0.15, -0.1) is 0 Å². The molecule has 10 nitrogen and oxygen atoms in total. The molecule has 2 saturated heterocycles. The number of carbonyl (C=O) groups is 1. The number of hydrogen-bond acceptors (Lipinski definition) is 9. The molecule has 0 bridgehead atoms. The predicted octanol–water partition coefficient (Wildman–Crippen LogP) is 4.84. The number of methoxy groups -OCH3 is 1. The Labute approximate surface area is 297 Å². The van der Waals surface area contributed by atoms with Gasteiger partial charge in [-0.3, -0.25) is 4.79 Å². The average Bonchev–Trinajstić information content (AvgIpc) is 3.67. The fraction of sp³-hybridized carbons (Fsp3) is 0.472. The van der Waals surface area contributed by atoms with Gasteiger partial charge in [-0.25, -0.2) is 8.42 Å². The van der Waals surface area contributed by atoms with Crippen LogP contribution in [0, 0.1) is 17.7 Å². The molecule has 3 aromatic rings. The molecule has 11 heteroatoms. The summed E-state index contributed by atoms with van der Waals surface area (Å²) in [7, 11) is -8.15. The van der Waals surface area contributed by atoms with E-state index in [1.807, 2.05) is 0 Å². The minimum absolute atomic E-state index is 0.0273. The summed E-state index contributed by atoms with van der Waals surface area (Å²) in [6.45, 7) is -12.7. The maximum absolute atomic E-state index is 14.3. The molecule has 2 aliphatic heterocycles. The van der Waals surface area contributed by atoms with E-state index < -0.39 is 104 Å². The lowest BCUT2D eigenvalue weighted by molar-refractivity contribution is -0.153. The first-order valence-electron chi connectivity index (χ1n) is 21.8. The Kier molecular flexibility index (Phi) is 7.11. The molecule has 1 unspecified atom stereocenters. The summed E-state index contributed by atoms with van der Waals surface area (Å²) in [5.74, 6) is -7.16. The van der Waals surface area contributed by atoms with Crippen LogP contribution in [0.3, 0.4) is 0 Å². The van der Waals surface area contributed by atoms with E-state index in [1.54, 1.807) is 18.2 Å². The highest BCUT2D eigenvalue weighted by Gasteiger charge is 2.44. The van der Waals surface area contributed by atoms with Crippen molar-refractivity contribution in [3.05, 3.63) is 90.0 Å². The molecule has 0 spiro atoms. The van der Waals surface area contributed by atoms with Gasteiger partial charge in [-0.2, -0.15) is 4.31 Å². The maximum Gasteiger partial charge on any atom is 0.306 e. The van der Waals surface area contributed by atoms with Crippen LogP contribution in [0.1, 0.15) is 56.9 Å². The van der Waals surface area contributed by atoms with Crippen molar-refractivity contribution in [2.24, 2.45) is 17.7 Å². The van der Waals surface area contributed by atoms with Gasteiger partial charge in [0.2, 0.25) is 10.0 Å². The Morgan fingerprint density at radius 2 is 1.85 bits per heavy atom. The van der Waals surface area contributed by atoms with Crippen molar-refractivity contribution in [2.75, 3.05) is 33.2 Å². The van der Waals surface area contributed by atoms with E-state index in [0.29, 0.717) is 12.5 Å². The standard InChI is InChI=1S/C36H45NO9S/c1-25(2)21-37(47(40,41)31-15-13-29(42-3)14-16-31)22-33(38)28(20-35(39)46-34-24-45-36-32(34)17-18-43-36)19-26-9-11-30(12-10-26)44-23-27-7-5-4-6-8-27/h4-16,25,28,32-34,36,38H,17-24H2,1-3H3/t28-,32+,33-,34+,36-/m1/s1/i1D3,3D3,21D2,23D2,24D2,25D,34D/t25?,28-,32+,33-,34+,36-. The predicted molar refractivity (Wildman–Crippen MR) is 175 cm³/mol. The Morgan fingerprint density at radius 1 is 1.11 bits per heavy atom. The SMILES string of the molecule is [2H]C([2H])([2H])Oc1ccc(S(=O)(=O)N(C[C@@H](O)[C@@H](CC(=O)O[C@]2([2H])[C@@H]3CCO[C@@H]3OC2([2H])[2H])Cc2ccc(OC([2H])([2H])c3ccccc3)cc2)C([2H])([2H])C([2H])(C)C([2H])([2H])[2H])cc1. The molecule has 47 heavy (non-hydrogen) atoms. The number of benzene rings is 3. The zero-order valence-corrected chi connectivity index (χ0v) is 26.2. The van der Waals surface area contributed by atoms with Crippen LogP contribution >= 0.6 is 0 Å². The van der Waals surface area contributed by atoms with E-state index in [0.717, 1.165) is 24.3 Å². The minimum Gasteiger partial charge on any atom is -0.497 e. The van der Waals surface area contributed by atoms with Gasteiger partial charge in [-0.1, -0.05) is 56.2 Å². The highest BCUT2D eigenvalue weighted by molar-refractivity contribution is 7.89. The molecule has 0 aliphatic carbocycles. The number of sulfonamides is 1. The number of nitrogens with zero attached hydrogens (tertiary/aromatic N) is 1.